The second-order valence-corrected chi connectivity index (χ2v) is 5.88. The normalized spacial score (nSPS) is 11.7. The van der Waals surface area contributed by atoms with Crippen molar-refractivity contribution in [1.82, 2.24) is 5.01 Å². The van der Waals surface area contributed by atoms with E-state index in [1.807, 2.05) is 6.07 Å². The second-order valence-electron chi connectivity index (χ2n) is 5.88. The number of likely N-dealkylation sites (N-methyl/N-ethyl adjacent to an activating group) is 1. The average Bonchev–Trinajstić information content (AvgIpc) is 2.72. The van der Waals surface area contributed by atoms with Gasteiger partial charge in [0.15, 0.2) is 11.8 Å². The number of benzene rings is 2. The Morgan fingerprint density at radius 1 is 1.04 bits per heavy atom. The van der Waals surface area contributed by atoms with Gasteiger partial charge in [-0.1, -0.05) is 30.3 Å². The summed E-state index contributed by atoms with van der Waals surface area (Å²) in [5.74, 6) is -1.07. The molecule has 2 rings (SSSR count). The summed E-state index contributed by atoms with van der Waals surface area (Å²) in [6, 6.07) is 14.2. The third-order valence-corrected chi connectivity index (χ3v) is 3.98. The van der Waals surface area contributed by atoms with E-state index in [-0.39, 0.29) is 18.0 Å². The highest BCUT2D eigenvalue weighted by molar-refractivity contribution is 6.09. The van der Waals surface area contributed by atoms with Crippen molar-refractivity contribution in [3.63, 3.8) is 0 Å². The average molecular weight is 382 g/mol. The van der Waals surface area contributed by atoms with E-state index in [2.05, 4.69) is 9.84 Å². The van der Waals surface area contributed by atoms with Gasteiger partial charge in [-0.15, -0.1) is 0 Å². The number of rotatable bonds is 8. The molecule has 0 aromatic heterocycles. The first-order valence-corrected chi connectivity index (χ1v) is 8.66. The highest BCUT2D eigenvalue weighted by atomic mass is 16.5. The summed E-state index contributed by atoms with van der Waals surface area (Å²) in [4.78, 5) is 36.5. The number of nitrogens with zero attached hydrogens (tertiary/aromatic N) is 2. The molecule has 0 bridgehead atoms. The van der Waals surface area contributed by atoms with Crippen LogP contribution in [0.15, 0.2) is 59.7 Å². The minimum absolute atomic E-state index is 0.126. The maximum absolute atomic E-state index is 12.5. The van der Waals surface area contributed by atoms with Crippen molar-refractivity contribution in [2.45, 2.75) is 19.4 Å². The summed E-state index contributed by atoms with van der Waals surface area (Å²) in [6.45, 7) is 1.69. The van der Waals surface area contributed by atoms with Gasteiger partial charge in [-0.3, -0.25) is 14.6 Å². The van der Waals surface area contributed by atoms with Crippen LogP contribution in [0.3, 0.4) is 0 Å². The van der Waals surface area contributed by atoms with Gasteiger partial charge in [0.25, 0.3) is 0 Å². The van der Waals surface area contributed by atoms with E-state index in [0.29, 0.717) is 11.1 Å². The number of esters is 2. The quantitative estimate of drug-likeness (QED) is 0.229. The summed E-state index contributed by atoms with van der Waals surface area (Å²) in [5, 5.41) is 5.34. The lowest BCUT2D eigenvalue weighted by atomic mass is 10.0. The summed E-state index contributed by atoms with van der Waals surface area (Å²) < 4.78 is 9.99. The third-order valence-electron chi connectivity index (χ3n) is 3.98. The zero-order valence-corrected chi connectivity index (χ0v) is 16.0. The molecule has 7 heteroatoms. The highest BCUT2D eigenvalue weighted by Crippen LogP contribution is 2.17. The van der Waals surface area contributed by atoms with Crippen LogP contribution in [0.5, 0.6) is 5.75 Å². The van der Waals surface area contributed by atoms with E-state index in [9.17, 15) is 14.4 Å². The monoisotopic (exact) mass is 382 g/mol. The lowest BCUT2D eigenvalue weighted by Crippen LogP contribution is -2.40. The molecular weight excluding hydrogens is 360 g/mol. The Hall–Kier alpha value is -3.48. The van der Waals surface area contributed by atoms with Crippen LogP contribution in [-0.4, -0.2) is 49.1 Å². The van der Waals surface area contributed by atoms with E-state index in [1.54, 1.807) is 50.4 Å². The number of methoxy groups -OCH3 is 1. The second kappa shape index (κ2) is 10.0. The number of hydrazone groups is 1. The van der Waals surface area contributed by atoms with Gasteiger partial charge in [-0.2, -0.15) is 5.10 Å². The highest BCUT2D eigenvalue weighted by Gasteiger charge is 2.28. The molecule has 0 saturated heterocycles. The molecule has 0 heterocycles. The minimum atomic E-state index is -0.936. The fourth-order valence-electron chi connectivity index (χ4n) is 2.49. The van der Waals surface area contributed by atoms with Crippen molar-refractivity contribution >= 4 is 23.9 Å². The first kappa shape index (κ1) is 20.8. The Bertz CT molecular complexity index is 847. The molecule has 0 aliphatic carbocycles. The predicted molar refractivity (Wildman–Crippen MR) is 104 cm³/mol. The third kappa shape index (κ3) is 5.51. The fraction of sp³-hybridized carbons (Fsp3) is 0.238. The molecule has 1 unspecified atom stereocenters. The van der Waals surface area contributed by atoms with Gasteiger partial charge in [0, 0.05) is 24.4 Å². The van der Waals surface area contributed by atoms with Crippen LogP contribution < -0.4 is 4.74 Å². The molecule has 0 fully saturated rings. The largest absolute Gasteiger partial charge is 0.469 e. The Morgan fingerprint density at radius 2 is 1.64 bits per heavy atom. The molecule has 7 nitrogen and oxygen atoms in total. The van der Waals surface area contributed by atoms with Gasteiger partial charge in [0.2, 0.25) is 0 Å². The fourth-order valence-corrected chi connectivity index (χ4v) is 2.49. The van der Waals surface area contributed by atoms with Gasteiger partial charge >= 0.3 is 11.9 Å². The zero-order valence-electron chi connectivity index (χ0n) is 16.0. The number of hydrogen-bond donors (Lipinski definition) is 0. The van der Waals surface area contributed by atoms with Gasteiger partial charge in [0.1, 0.15) is 5.75 Å². The van der Waals surface area contributed by atoms with Gasteiger partial charge in [0.05, 0.1) is 13.5 Å². The SMILES string of the molecule is C/C=N/N(C)C(CC(=O)OC)C(=O)Oc1ccc(C(=O)c2ccccc2)cc1. The number of hydrogen-bond acceptors (Lipinski definition) is 7. The molecule has 0 radical (unpaired) electrons. The van der Waals surface area contributed by atoms with Crippen LogP contribution in [0.25, 0.3) is 0 Å². The Labute approximate surface area is 163 Å². The molecule has 28 heavy (non-hydrogen) atoms. The molecule has 0 spiro atoms. The molecular formula is C21H22N2O5. The van der Waals surface area contributed by atoms with E-state index < -0.39 is 18.0 Å². The van der Waals surface area contributed by atoms with E-state index >= 15 is 0 Å². The van der Waals surface area contributed by atoms with Crippen LogP contribution in [0.4, 0.5) is 0 Å². The molecule has 0 aliphatic heterocycles. The number of ether oxygens (including phenoxy) is 2. The summed E-state index contributed by atoms with van der Waals surface area (Å²) in [5.41, 5.74) is 1.05. The lowest BCUT2D eigenvalue weighted by Gasteiger charge is -2.22. The van der Waals surface area contributed by atoms with Gasteiger partial charge in [-0.05, 0) is 31.2 Å². The van der Waals surface area contributed by atoms with Crippen LogP contribution in [0.2, 0.25) is 0 Å². The molecule has 1 atom stereocenters. The van der Waals surface area contributed by atoms with Crippen molar-refractivity contribution in [3.05, 3.63) is 65.7 Å². The van der Waals surface area contributed by atoms with Gasteiger partial charge in [-0.25, -0.2) is 4.79 Å². The Morgan fingerprint density at radius 3 is 2.21 bits per heavy atom. The van der Waals surface area contributed by atoms with Crippen molar-refractivity contribution in [2.24, 2.45) is 5.10 Å². The molecule has 0 aliphatic rings. The number of ketones is 1. The van der Waals surface area contributed by atoms with Crippen LogP contribution in [-0.2, 0) is 14.3 Å². The molecule has 0 amide bonds. The maximum Gasteiger partial charge on any atom is 0.336 e. The van der Waals surface area contributed by atoms with Crippen molar-refractivity contribution in [1.29, 1.82) is 0 Å². The maximum atomic E-state index is 12.5. The topological polar surface area (TPSA) is 85.3 Å². The van der Waals surface area contributed by atoms with Crippen LogP contribution in [0.1, 0.15) is 29.3 Å². The molecule has 146 valence electrons. The molecule has 2 aromatic carbocycles. The summed E-state index contributed by atoms with van der Waals surface area (Å²) in [6.07, 6.45) is 1.30. The van der Waals surface area contributed by atoms with Gasteiger partial charge < -0.3 is 9.47 Å². The standard InChI is InChI=1S/C21H22N2O5/c1-4-22-23(2)18(14-19(24)27-3)21(26)28-17-12-10-16(11-13-17)20(25)15-8-6-5-7-9-15/h4-13,18H,14H2,1-3H3/b22-4+. The van der Waals surface area contributed by atoms with E-state index in [0.717, 1.165) is 0 Å². The number of carbonyl (C=O) groups excluding carboxylic acids is 3. The minimum Gasteiger partial charge on any atom is -0.469 e. The summed E-state index contributed by atoms with van der Waals surface area (Å²) >= 11 is 0. The van der Waals surface area contributed by atoms with E-state index in [1.165, 1.54) is 30.5 Å². The first-order valence-electron chi connectivity index (χ1n) is 8.66. The van der Waals surface area contributed by atoms with Crippen molar-refractivity contribution < 1.29 is 23.9 Å². The van der Waals surface area contributed by atoms with Crippen LogP contribution >= 0.6 is 0 Å². The first-order chi connectivity index (χ1) is 13.5. The zero-order chi connectivity index (χ0) is 20.5. The smallest absolute Gasteiger partial charge is 0.336 e. The summed E-state index contributed by atoms with van der Waals surface area (Å²) in [7, 11) is 2.81. The van der Waals surface area contributed by atoms with E-state index in [4.69, 9.17) is 4.74 Å². The Kier molecular flexibility index (Phi) is 7.45. The molecule has 0 saturated carbocycles. The number of carbonyl (C=O) groups is 3. The lowest BCUT2D eigenvalue weighted by molar-refractivity contribution is -0.149. The molecule has 2 aromatic rings. The van der Waals surface area contributed by atoms with Crippen LogP contribution in [0, 0.1) is 0 Å². The van der Waals surface area contributed by atoms with Crippen molar-refractivity contribution in [2.75, 3.05) is 14.2 Å². The Balaban J connectivity index is 2.11. The van der Waals surface area contributed by atoms with Crippen molar-refractivity contribution in [3.8, 4) is 5.75 Å². The predicted octanol–water partition coefficient (Wildman–Crippen LogP) is 2.69. The molecule has 0 N–H and O–H groups in total.